The van der Waals surface area contributed by atoms with Crippen LogP contribution in [0.1, 0.15) is 11.1 Å². The van der Waals surface area contributed by atoms with Gasteiger partial charge in [-0.25, -0.2) is 4.98 Å². The van der Waals surface area contributed by atoms with Crippen LogP contribution in [0, 0.1) is 18.8 Å². The molecule has 1 saturated heterocycles. The van der Waals surface area contributed by atoms with Gasteiger partial charge in [0.05, 0.1) is 4.47 Å². The molecule has 0 bridgehead atoms. The van der Waals surface area contributed by atoms with Crippen LogP contribution >= 0.6 is 15.9 Å². The van der Waals surface area contributed by atoms with Gasteiger partial charge in [0, 0.05) is 31.9 Å². The molecule has 1 aromatic carbocycles. The molecule has 1 aromatic heterocycles. The number of halogens is 1. The van der Waals surface area contributed by atoms with Crippen LogP contribution < -0.4 is 5.32 Å². The van der Waals surface area contributed by atoms with E-state index in [4.69, 9.17) is 0 Å². The maximum atomic E-state index is 4.46. The van der Waals surface area contributed by atoms with Crippen molar-refractivity contribution in [1.29, 1.82) is 0 Å². The molecule has 2 aromatic rings. The van der Waals surface area contributed by atoms with Gasteiger partial charge in [-0.1, -0.05) is 30.3 Å². The SMILES string of the molecule is Cc1ccnc(NC2C3CN(Cc4ccccc4)CC32)c1Br. The quantitative estimate of drug-likeness (QED) is 0.904. The molecule has 22 heavy (non-hydrogen) atoms. The van der Waals surface area contributed by atoms with E-state index in [0.717, 1.165) is 28.7 Å². The summed E-state index contributed by atoms with van der Waals surface area (Å²) in [6.45, 7) is 5.57. The topological polar surface area (TPSA) is 28.2 Å². The molecule has 2 heterocycles. The van der Waals surface area contributed by atoms with Gasteiger partial charge < -0.3 is 5.32 Å². The van der Waals surface area contributed by atoms with Crippen molar-refractivity contribution in [3.05, 3.63) is 58.2 Å². The Bertz CT molecular complexity index is 661. The maximum absolute atomic E-state index is 4.46. The molecule has 2 atom stereocenters. The standard InChI is InChI=1S/C18H20BrN3/c1-12-7-8-20-18(16(12)19)21-17-14-10-22(11-15(14)17)9-13-5-3-2-4-6-13/h2-8,14-15,17H,9-11H2,1H3,(H,20,21). The van der Waals surface area contributed by atoms with Gasteiger partial charge in [-0.3, -0.25) is 4.90 Å². The highest BCUT2D eigenvalue weighted by Gasteiger charge is 2.55. The molecule has 2 fully saturated rings. The minimum Gasteiger partial charge on any atom is -0.366 e. The Morgan fingerprint density at radius 2 is 1.91 bits per heavy atom. The minimum absolute atomic E-state index is 0.595. The first-order valence-corrected chi connectivity index (χ1v) is 8.65. The molecular weight excluding hydrogens is 338 g/mol. The third kappa shape index (κ3) is 2.66. The third-order valence-electron chi connectivity index (χ3n) is 4.90. The van der Waals surface area contributed by atoms with E-state index in [-0.39, 0.29) is 0 Å². The number of rotatable bonds is 4. The van der Waals surface area contributed by atoms with Gasteiger partial charge in [-0.05, 0) is 51.9 Å². The molecular formula is C18H20BrN3. The maximum Gasteiger partial charge on any atom is 0.140 e. The predicted octanol–water partition coefficient (Wildman–Crippen LogP) is 3.69. The molecule has 4 heteroatoms. The highest BCUT2D eigenvalue weighted by molar-refractivity contribution is 9.10. The molecule has 2 unspecified atom stereocenters. The monoisotopic (exact) mass is 357 g/mol. The van der Waals surface area contributed by atoms with Crippen LogP contribution in [0.15, 0.2) is 47.1 Å². The molecule has 0 radical (unpaired) electrons. The summed E-state index contributed by atoms with van der Waals surface area (Å²) < 4.78 is 1.10. The number of nitrogens with one attached hydrogen (secondary N) is 1. The molecule has 0 amide bonds. The Labute approximate surface area is 139 Å². The van der Waals surface area contributed by atoms with Gasteiger partial charge in [-0.2, -0.15) is 0 Å². The Balaban J connectivity index is 1.34. The average Bonchev–Trinajstić information content (AvgIpc) is 2.97. The summed E-state index contributed by atoms with van der Waals surface area (Å²) in [5, 5.41) is 3.63. The van der Waals surface area contributed by atoms with Crippen LogP contribution in [0.2, 0.25) is 0 Å². The van der Waals surface area contributed by atoms with Gasteiger partial charge in [0.25, 0.3) is 0 Å². The first-order chi connectivity index (χ1) is 10.7. The van der Waals surface area contributed by atoms with Gasteiger partial charge in [0.2, 0.25) is 0 Å². The summed E-state index contributed by atoms with van der Waals surface area (Å²) in [5.74, 6) is 2.55. The first kappa shape index (κ1) is 14.2. The lowest BCUT2D eigenvalue weighted by Gasteiger charge is -2.20. The van der Waals surface area contributed by atoms with Crippen LogP contribution in [0.25, 0.3) is 0 Å². The summed E-state index contributed by atoms with van der Waals surface area (Å²) in [6.07, 6.45) is 1.88. The van der Waals surface area contributed by atoms with Crippen molar-refractivity contribution < 1.29 is 0 Å². The lowest BCUT2D eigenvalue weighted by molar-refractivity contribution is 0.292. The number of benzene rings is 1. The van der Waals surface area contributed by atoms with E-state index in [2.05, 4.69) is 68.4 Å². The molecule has 0 spiro atoms. The second-order valence-corrected chi connectivity index (χ2v) is 7.26. The van der Waals surface area contributed by atoms with E-state index in [1.54, 1.807) is 0 Å². The van der Waals surface area contributed by atoms with Crippen molar-refractivity contribution in [3.63, 3.8) is 0 Å². The van der Waals surface area contributed by atoms with E-state index in [1.807, 2.05) is 12.3 Å². The number of fused-ring (bicyclic) bond motifs is 1. The number of pyridine rings is 1. The number of aromatic nitrogens is 1. The highest BCUT2D eigenvalue weighted by Crippen LogP contribution is 2.48. The molecule has 1 N–H and O–H groups in total. The van der Waals surface area contributed by atoms with Crippen molar-refractivity contribution in [2.45, 2.75) is 19.5 Å². The number of piperidine rings is 1. The van der Waals surface area contributed by atoms with E-state index < -0.39 is 0 Å². The summed E-state index contributed by atoms with van der Waals surface area (Å²) >= 11 is 3.64. The van der Waals surface area contributed by atoms with Crippen molar-refractivity contribution in [2.24, 2.45) is 11.8 Å². The third-order valence-corrected chi connectivity index (χ3v) is 5.91. The van der Waals surface area contributed by atoms with Crippen molar-refractivity contribution >= 4 is 21.7 Å². The molecule has 3 nitrogen and oxygen atoms in total. The average molecular weight is 358 g/mol. The molecule has 1 aliphatic carbocycles. The fourth-order valence-corrected chi connectivity index (χ4v) is 3.95. The van der Waals surface area contributed by atoms with Crippen molar-refractivity contribution in [2.75, 3.05) is 18.4 Å². The van der Waals surface area contributed by atoms with Crippen LogP contribution in [0.3, 0.4) is 0 Å². The number of nitrogens with zero attached hydrogens (tertiary/aromatic N) is 2. The zero-order valence-corrected chi connectivity index (χ0v) is 14.3. The largest absolute Gasteiger partial charge is 0.366 e. The zero-order valence-electron chi connectivity index (χ0n) is 12.7. The van der Waals surface area contributed by atoms with Crippen LogP contribution in [-0.4, -0.2) is 29.0 Å². The molecule has 114 valence electrons. The van der Waals surface area contributed by atoms with E-state index in [9.17, 15) is 0 Å². The normalized spacial score (nSPS) is 26.7. The first-order valence-electron chi connectivity index (χ1n) is 7.86. The van der Waals surface area contributed by atoms with E-state index >= 15 is 0 Å². The number of hydrogen-bond acceptors (Lipinski definition) is 3. The zero-order chi connectivity index (χ0) is 15.1. The van der Waals surface area contributed by atoms with E-state index in [1.165, 1.54) is 24.2 Å². The lowest BCUT2D eigenvalue weighted by Crippen LogP contribution is -2.27. The summed E-state index contributed by atoms with van der Waals surface area (Å²) in [7, 11) is 0. The summed E-state index contributed by atoms with van der Waals surface area (Å²) in [4.78, 5) is 7.03. The molecule has 2 aliphatic rings. The van der Waals surface area contributed by atoms with Gasteiger partial charge in [-0.15, -0.1) is 0 Å². The van der Waals surface area contributed by atoms with Gasteiger partial charge in [0.15, 0.2) is 0 Å². The van der Waals surface area contributed by atoms with Crippen LogP contribution in [0.5, 0.6) is 0 Å². The molecule has 1 aliphatic heterocycles. The number of hydrogen-bond donors (Lipinski definition) is 1. The second kappa shape index (κ2) is 5.67. The number of likely N-dealkylation sites (tertiary alicyclic amines) is 1. The van der Waals surface area contributed by atoms with Gasteiger partial charge >= 0.3 is 0 Å². The predicted molar refractivity (Wildman–Crippen MR) is 92.8 cm³/mol. The Kier molecular flexibility index (Phi) is 3.66. The van der Waals surface area contributed by atoms with Crippen molar-refractivity contribution in [3.8, 4) is 0 Å². The van der Waals surface area contributed by atoms with Crippen LogP contribution in [0.4, 0.5) is 5.82 Å². The Hall–Kier alpha value is -1.39. The number of anilines is 1. The fraction of sp³-hybridized carbons (Fsp3) is 0.389. The molecule has 1 saturated carbocycles. The van der Waals surface area contributed by atoms with Crippen molar-refractivity contribution in [1.82, 2.24) is 9.88 Å². The highest BCUT2D eigenvalue weighted by atomic mass is 79.9. The summed E-state index contributed by atoms with van der Waals surface area (Å²) in [5.41, 5.74) is 2.64. The second-order valence-electron chi connectivity index (χ2n) is 6.47. The smallest absolute Gasteiger partial charge is 0.140 e. The summed E-state index contributed by atoms with van der Waals surface area (Å²) in [6, 6.07) is 13.4. The van der Waals surface area contributed by atoms with Crippen LogP contribution in [-0.2, 0) is 6.54 Å². The molecule has 4 rings (SSSR count). The van der Waals surface area contributed by atoms with Gasteiger partial charge in [0.1, 0.15) is 5.82 Å². The Morgan fingerprint density at radius 1 is 1.18 bits per heavy atom. The number of aryl methyl sites for hydroxylation is 1. The Morgan fingerprint density at radius 3 is 2.64 bits per heavy atom. The lowest BCUT2D eigenvalue weighted by atomic mass is 10.2. The van der Waals surface area contributed by atoms with E-state index in [0.29, 0.717) is 6.04 Å². The fourth-order valence-electron chi connectivity index (χ4n) is 3.60. The minimum atomic E-state index is 0.595.